The zero-order valence-corrected chi connectivity index (χ0v) is 20.3. The zero-order chi connectivity index (χ0) is 23.0. The molecule has 0 radical (unpaired) electrons. The molecule has 8 nitrogen and oxygen atoms in total. The number of ketones is 1. The Hall–Kier alpha value is -2.39. The number of anilines is 1. The van der Waals surface area contributed by atoms with Gasteiger partial charge in [-0.05, 0) is 53.7 Å². The number of carbonyl (C=O) groups is 2. The van der Waals surface area contributed by atoms with Crippen LogP contribution in [0, 0.1) is 5.92 Å². The predicted octanol–water partition coefficient (Wildman–Crippen LogP) is 4.32. The fourth-order valence-corrected chi connectivity index (χ4v) is 4.94. The lowest BCUT2D eigenvalue weighted by atomic mass is 9.79. The Bertz CT molecular complexity index is 1070. The van der Waals surface area contributed by atoms with E-state index in [2.05, 4.69) is 38.1 Å². The van der Waals surface area contributed by atoms with Crippen LogP contribution in [0.25, 0.3) is 11.3 Å². The number of halogens is 2. The smallest absolute Gasteiger partial charge is 0.318 e. The van der Waals surface area contributed by atoms with Gasteiger partial charge in [0.25, 0.3) is 0 Å². The molecule has 0 unspecified atom stereocenters. The maximum Gasteiger partial charge on any atom is 0.318 e. The number of fused-ring (bicyclic) bond motifs is 1. The molecule has 1 fully saturated rings. The van der Waals surface area contributed by atoms with E-state index in [1.54, 1.807) is 17.0 Å². The lowest BCUT2D eigenvalue weighted by molar-refractivity contribution is -0.118. The van der Waals surface area contributed by atoms with Crippen LogP contribution in [0.2, 0.25) is 5.02 Å². The quantitative estimate of drug-likeness (QED) is 0.584. The summed E-state index contributed by atoms with van der Waals surface area (Å²) in [5, 5.41) is 3.55. The van der Waals surface area contributed by atoms with Crippen LogP contribution in [-0.2, 0) is 17.9 Å². The number of ether oxygens (including phenoxy) is 1. The summed E-state index contributed by atoms with van der Waals surface area (Å²) >= 11 is 9.94. The zero-order valence-electron chi connectivity index (χ0n) is 18.0. The van der Waals surface area contributed by atoms with Crippen molar-refractivity contribution in [1.82, 2.24) is 20.2 Å². The number of nitrogens with one attached hydrogen (secondary N) is 1. The average molecular weight is 523 g/mol. The van der Waals surface area contributed by atoms with E-state index in [0.29, 0.717) is 51.2 Å². The number of amides is 2. The van der Waals surface area contributed by atoms with Crippen LogP contribution in [0.1, 0.15) is 44.4 Å². The third-order valence-electron chi connectivity index (χ3n) is 5.94. The van der Waals surface area contributed by atoms with Gasteiger partial charge in [-0.2, -0.15) is 0 Å². The standard InChI is InChI=1S/C22H25BrClN5O3/c1-3-12-4-13(5-12)26-22(31)29-8-15-18(9-29)27-21(25)28-20(15)14-6-19(32-10-11(2)30)16(23)7-17(14)24/h6-7,12-13H,3-5,8-10H2,1-2H3,(H,26,31)(H2,25,27,28). The molecule has 170 valence electrons. The number of carbonyl (C=O) groups excluding carboxylic acids is 2. The first-order valence-corrected chi connectivity index (χ1v) is 11.7. The number of nitrogens with two attached hydrogens (primary N) is 1. The first-order valence-electron chi connectivity index (χ1n) is 10.6. The van der Waals surface area contributed by atoms with Crippen molar-refractivity contribution in [3.8, 4) is 17.0 Å². The Morgan fingerprint density at radius 1 is 1.31 bits per heavy atom. The van der Waals surface area contributed by atoms with E-state index in [1.807, 2.05) is 0 Å². The van der Waals surface area contributed by atoms with E-state index in [9.17, 15) is 9.59 Å². The predicted molar refractivity (Wildman–Crippen MR) is 125 cm³/mol. The van der Waals surface area contributed by atoms with Crippen LogP contribution in [0.15, 0.2) is 16.6 Å². The van der Waals surface area contributed by atoms with Crippen LogP contribution >= 0.6 is 27.5 Å². The minimum atomic E-state index is -0.112. The number of hydrogen-bond acceptors (Lipinski definition) is 6. The first-order chi connectivity index (χ1) is 15.2. The summed E-state index contributed by atoms with van der Waals surface area (Å²) in [6.07, 6.45) is 3.20. The fourth-order valence-electron chi connectivity index (χ4n) is 4.09. The van der Waals surface area contributed by atoms with Gasteiger partial charge in [-0.1, -0.05) is 24.9 Å². The van der Waals surface area contributed by atoms with Crippen LogP contribution in [0.3, 0.4) is 0 Å². The molecule has 2 aromatic rings. The maximum atomic E-state index is 12.8. The highest BCUT2D eigenvalue weighted by atomic mass is 79.9. The molecule has 0 bridgehead atoms. The van der Waals surface area contributed by atoms with Gasteiger partial charge in [0, 0.05) is 17.2 Å². The molecule has 32 heavy (non-hydrogen) atoms. The average Bonchev–Trinajstić information content (AvgIpc) is 3.13. The molecule has 2 aliphatic rings. The summed E-state index contributed by atoms with van der Waals surface area (Å²) in [5.41, 5.74) is 8.64. The highest BCUT2D eigenvalue weighted by molar-refractivity contribution is 9.10. The van der Waals surface area contributed by atoms with Gasteiger partial charge >= 0.3 is 6.03 Å². The molecule has 2 heterocycles. The molecule has 1 aromatic carbocycles. The van der Waals surface area contributed by atoms with E-state index in [0.717, 1.165) is 24.8 Å². The molecular weight excluding hydrogens is 498 g/mol. The normalized spacial score (nSPS) is 19.3. The second-order valence-electron chi connectivity index (χ2n) is 8.36. The number of Topliss-reactive ketones (excluding diaryl/α,β-unsaturated/α-hetero) is 1. The summed E-state index contributed by atoms with van der Waals surface area (Å²) in [5.74, 6) is 1.18. The molecule has 4 rings (SSSR count). The molecule has 0 spiro atoms. The number of urea groups is 1. The van der Waals surface area contributed by atoms with Crippen molar-refractivity contribution in [3.05, 3.63) is 32.9 Å². The van der Waals surface area contributed by atoms with E-state index in [-0.39, 0.29) is 30.4 Å². The van der Waals surface area contributed by atoms with Crippen LogP contribution in [0.5, 0.6) is 5.75 Å². The molecule has 2 amide bonds. The molecule has 1 saturated carbocycles. The first kappa shape index (κ1) is 22.8. The molecule has 1 aliphatic heterocycles. The monoisotopic (exact) mass is 521 g/mol. The van der Waals surface area contributed by atoms with Crippen LogP contribution < -0.4 is 15.8 Å². The van der Waals surface area contributed by atoms with Gasteiger partial charge < -0.3 is 20.7 Å². The van der Waals surface area contributed by atoms with E-state index >= 15 is 0 Å². The SMILES string of the molecule is CCC1CC(NC(=O)N2Cc3nc(N)nc(-c4cc(OCC(C)=O)c(Br)cc4Cl)c3C2)C1. The molecule has 1 aromatic heterocycles. The molecule has 0 saturated heterocycles. The Morgan fingerprint density at radius 3 is 2.75 bits per heavy atom. The lowest BCUT2D eigenvalue weighted by Gasteiger charge is -2.36. The van der Waals surface area contributed by atoms with Gasteiger partial charge in [0.05, 0.1) is 34.0 Å². The van der Waals surface area contributed by atoms with Crippen molar-refractivity contribution < 1.29 is 14.3 Å². The summed E-state index contributed by atoms with van der Waals surface area (Å²) in [6, 6.07) is 3.53. The third kappa shape index (κ3) is 4.68. The summed E-state index contributed by atoms with van der Waals surface area (Å²) in [7, 11) is 0. The molecule has 10 heteroatoms. The van der Waals surface area contributed by atoms with Crippen molar-refractivity contribution >= 4 is 45.3 Å². The lowest BCUT2D eigenvalue weighted by Crippen LogP contribution is -2.48. The van der Waals surface area contributed by atoms with Gasteiger partial charge in [0.15, 0.2) is 5.78 Å². The van der Waals surface area contributed by atoms with Crippen molar-refractivity contribution in [2.75, 3.05) is 12.3 Å². The van der Waals surface area contributed by atoms with Gasteiger partial charge in [0.1, 0.15) is 12.4 Å². The summed E-state index contributed by atoms with van der Waals surface area (Å²) in [6.45, 7) is 4.28. The van der Waals surface area contributed by atoms with Crippen molar-refractivity contribution in [2.45, 2.75) is 52.2 Å². The van der Waals surface area contributed by atoms with Crippen molar-refractivity contribution in [3.63, 3.8) is 0 Å². The largest absolute Gasteiger partial charge is 0.485 e. The Balaban J connectivity index is 1.59. The number of hydrogen-bond donors (Lipinski definition) is 2. The number of rotatable bonds is 6. The van der Waals surface area contributed by atoms with Crippen LogP contribution in [-0.4, -0.2) is 39.3 Å². The topological polar surface area (TPSA) is 110 Å². The minimum Gasteiger partial charge on any atom is -0.485 e. The summed E-state index contributed by atoms with van der Waals surface area (Å²) < 4.78 is 6.22. The Morgan fingerprint density at radius 2 is 2.06 bits per heavy atom. The van der Waals surface area contributed by atoms with Gasteiger partial charge in [0.2, 0.25) is 5.95 Å². The Labute approximate surface area is 200 Å². The molecule has 3 N–H and O–H groups in total. The third-order valence-corrected chi connectivity index (χ3v) is 6.87. The second kappa shape index (κ2) is 9.23. The van der Waals surface area contributed by atoms with Gasteiger partial charge in [-0.15, -0.1) is 0 Å². The molecule has 0 atom stereocenters. The van der Waals surface area contributed by atoms with E-state index in [1.165, 1.54) is 6.92 Å². The van der Waals surface area contributed by atoms with Gasteiger partial charge in [-0.3, -0.25) is 4.79 Å². The fraction of sp³-hybridized carbons (Fsp3) is 0.455. The van der Waals surface area contributed by atoms with Gasteiger partial charge in [-0.25, -0.2) is 14.8 Å². The van der Waals surface area contributed by atoms with E-state index < -0.39 is 0 Å². The maximum absolute atomic E-state index is 12.8. The van der Waals surface area contributed by atoms with Crippen molar-refractivity contribution in [2.24, 2.45) is 5.92 Å². The molecule has 1 aliphatic carbocycles. The van der Waals surface area contributed by atoms with E-state index in [4.69, 9.17) is 22.1 Å². The number of benzene rings is 1. The number of nitrogen functional groups attached to an aromatic ring is 1. The van der Waals surface area contributed by atoms with Crippen molar-refractivity contribution in [1.29, 1.82) is 0 Å². The summed E-state index contributed by atoms with van der Waals surface area (Å²) in [4.78, 5) is 34.6. The minimum absolute atomic E-state index is 0.0578. The number of nitrogens with zero attached hydrogens (tertiary/aromatic N) is 3. The highest BCUT2D eigenvalue weighted by Crippen LogP contribution is 2.40. The highest BCUT2D eigenvalue weighted by Gasteiger charge is 2.33. The number of aromatic nitrogens is 2. The molecular formula is C22H25BrClN5O3. The Kier molecular flexibility index (Phi) is 6.57. The second-order valence-corrected chi connectivity index (χ2v) is 9.62. The van der Waals surface area contributed by atoms with Crippen LogP contribution in [0.4, 0.5) is 10.7 Å².